The molecule has 2 unspecified atom stereocenters. The lowest BCUT2D eigenvalue weighted by Gasteiger charge is -2.04. The third-order valence-electron chi connectivity index (χ3n) is 1.95. The average molecular weight is 250 g/mol. The van der Waals surface area contributed by atoms with Crippen LogP contribution in [0.5, 0.6) is 0 Å². The lowest BCUT2D eigenvalue weighted by molar-refractivity contribution is -0.107. The number of hydrogen-bond donors (Lipinski definition) is 0. The Morgan fingerprint density at radius 1 is 1.40 bits per heavy atom. The van der Waals surface area contributed by atoms with Crippen LogP contribution in [0.1, 0.15) is 52.4 Å². The first-order valence-corrected chi connectivity index (χ1v) is 8.45. The van der Waals surface area contributed by atoms with Crippen LogP contribution in [0.3, 0.4) is 0 Å². The van der Waals surface area contributed by atoms with Gasteiger partial charge in [-0.3, -0.25) is 0 Å². The van der Waals surface area contributed by atoms with Crippen molar-refractivity contribution in [3.05, 3.63) is 0 Å². The molecule has 1 heterocycles. The number of aldehydes is 1. The van der Waals surface area contributed by atoms with Crippen molar-refractivity contribution in [2.45, 2.75) is 57.6 Å². The molecule has 2 atom stereocenters. The third kappa shape index (κ3) is 9.12. The van der Waals surface area contributed by atoms with Gasteiger partial charge in [-0.05, 0) is 19.3 Å². The predicted octanol–water partition coefficient (Wildman–Crippen LogP) is 3.33. The molecule has 4 heteroatoms. The summed E-state index contributed by atoms with van der Waals surface area (Å²) in [6.45, 7) is 4.25. The number of carbonyl (C=O) groups is 1. The minimum Gasteiger partial charge on any atom is -0.303 e. The van der Waals surface area contributed by atoms with Gasteiger partial charge in [-0.1, -0.05) is 37.5 Å². The summed E-state index contributed by atoms with van der Waals surface area (Å²) in [5.74, 6) is 0.864. The topological polar surface area (TPSA) is 34.1 Å². The Morgan fingerprint density at radius 2 is 2.07 bits per heavy atom. The predicted molar refractivity (Wildman–Crippen MR) is 69.5 cm³/mol. The van der Waals surface area contributed by atoms with Crippen LogP contribution in [0.2, 0.25) is 0 Å². The highest BCUT2D eigenvalue weighted by molar-refractivity contribution is 8.69. The largest absolute Gasteiger partial charge is 0.303 e. The van der Waals surface area contributed by atoms with Crippen molar-refractivity contribution < 1.29 is 9.00 Å². The normalized spacial score (nSPS) is 24.4. The summed E-state index contributed by atoms with van der Waals surface area (Å²) in [5.41, 5.74) is 0. The quantitative estimate of drug-likeness (QED) is 0.426. The van der Waals surface area contributed by atoms with E-state index in [-0.39, 0.29) is 0 Å². The molecule has 0 radical (unpaired) electrons. The number of unbranched alkanes of at least 4 members (excludes halogenated alkanes) is 2. The zero-order valence-electron chi connectivity index (χ0n) is 9.74. The lowest BCUT2D eigenvalue weighted by Crippen LogP contribution is -1.96. The van der Waals surface area contributed by atoms with Gasteiger partial charge in [0.15, 0.2) is 0 Å². The molecule has 0 bridgehead atoms. The van der Waals surface area contributed by atoms with Crippen molar-refractivity contribution in [1.29, 1.82) is 0 Å². The molecule has 0 spiro atoms. The van der Waals surface area contributed by atoms with Gasteiger partial charge in [0, 0.05) is 17.4 Å². The maximum Gasteiger partial charge on any atom is 0.119 e. The molecule has 0 aromatic heterocycles. The van der Waals surface area contributed by atoms with E-state index in [2.05, 4.69) is 13.8 Å². The minimum atomic E-state index is -0.613. The highest BCUT2D eigenvalue weighted by Gasteiger charge is 2.20. The summed E-state index contributed by atoms with van der Waals surface area (Å²) in [5, 5.41) is 0.595. The fraction of sp³-hybridized carbons (Fsp3) is 0.909. The van der Waals surface area contributed by atoms with E-state index in [0.29, 0.717) is 11.7 Å². The van der Waals surface area contributed by atoms with E-state index < -0.39 is 9.83 Å². The van der Waals surface area contributed by atoms with E-state index in [1.165, 1.54) is 6.42 Å². The van der Waals surface area contributed by atoms with Crippen LogP contribution in [-0.4, -0.2) is 21.5 Å². The van der Waals surface area contributed by atoms with E-state index in [4.69, 9.17) is 0 Å². The standard InChI is InChI=1S/C8H14O2S2.C3H8/c9-6-3-1-2-4-8-5-7-12(10)11-8;1-3-2/h6,8H,1-5,7H2;3H2,1-2H3. The van der Waals surface area contributed by atoms with Crippen LogP contribution in [0, 0.1) is 0 Å². The molecule has 0 aromatic carbocycles. The van der Waals surface area contributed by atoms with Gasteiger partial charge in [0.05, 0.1) is 9.83 Å². The van der Waals surface area contributed by atoms with Crippen molar-refractivity contribution >= 4 is 26.9 Å². The van der Waals surface area contributed by atoms with E-state index in [9.17, 15) is 9.00 Å². The summed E-state index contributed by atoms with van der Waals surface area (Å²) in [7, 11) is 0.994. The second kappa shape index (κ2) is 10.7. The number of carbonyl (C=O) groups excluding carboxylic acids is 1. The molecular formula is C11H22O2S2. The third-order valence-corrected chi connectivity index (χ3v) is 5.44. The van der Waals surface area contributed by atoms with Crippen molar-refractivity contribution in [2.75, 3.05) is 5.75 Å². The van der Waals surface area contributed by atoms with Crippen LogP contribution >= 0.6 is 10.8 Å². The molecule has 0 saturated carbocycles. The van der Waals surface area contributed by atoms with E-state index in [1.54, 1.807) is 10.8 Å². The van der Waals surface area contributed by atoms with Crippen molar-refractivity contribution in [2.24, 2.45) is 0 Å². The average Bonchev–Trinajstić information content (AvgIpc) is 2.60. The van der Waals surface area contributed by atoms with Crippen LogP contribution in [0.15, 0.2) is 0 Å². The van der Waals surface area contributed by atoms with Crippen molar-refractivity contribution in [3.8, 4) is 0 Å². The van der Waals surface area contributed by atoms with Crippen LogP contribution in [0.4, 0.5) is 0 Å². The van der Waals surface area contributed by atoms with Gasteiger partial charge in [0.2, 0.25) is 0 Å². The zero-order chi connectivity index (χ0) is 11.5. The molecule has 90 valence electrons. The second-order valence-corrected chi connectivity index (χ2v) is 7.24. The Bertz CT molecular complexity index is 183. The Morgan fingerprint density at radius 3 is 2.53 bits per heavy atom. The van der Waals surface area contributed by atoms with Gasteiger partial charge in [-0.15, -0.1) is 0 Å². The van der Waals surface area contributed by atoms with Gasteiger partial charge in [-0.25, -0.2) is 4.21 Å². The van der Waals surface area contributed by atoms with Crippen molar-refractivity contribution in [1.82, 2.24) is 0 Å². The number of hydrogen-bond acceptors (Lipinski definition) is 3. The van der Waals surface area contributed by atoms with Gasteiger partial charge < -0.3 is 4.79 Å². The Kier molecular flexibility index (Phi) is 10.8. The number of rotatable bonds is 5. The van der Waals surface area contributed by atoms with E-state index in [0.717, 1.165) is 37.7 Å². The molecule has 15 heavy (non-hydrogen) atoms. The fourth-order valence-electron chi connectivity index (χ4n) is 1.27. The molecule has 0 amide bonds. The second-order valence-electron chi connectivity index (χ2n) is 3.67. The molecule has 1 fully saturated rings. The monoisotopic (exact) mass is 250 g/mol. The maximum absolute atomic E-state index is 11.0. The highest BCUT2D eigenvalue weighted by atomic mass is 33.1. The van der Waals surface area contributed by atoms with Gasteiger partial charge >= 0.3 is 0 Å². The molecule has 0 N–H and O–H groups in total. The zero-order valence-corrected chi connectivity index (χ0v) is 11.4. The van der Waals surface area contributed by atoms with Gasteiger partial charge in [0.1, 0.15) is 6.29 Å². The lowest BCUT2D eigenvalue weighted by atomic mass is 10.1. The Hall–Kier alpha value is 0.170. The molecule has 0 aliphatic carbocycles. The van der Waals surface area contributed by atoms with Gasteiger partial charge in [-0.2, -0.15) is 0 Å². The first-order chi connectivity index (χ1) is 7.24. The molecule has 0 aromatic rings. The Labute approximate surface area is 99.4 Å². The molecular weight excluding hydrogens is 228 g/mol. The van der Waals surface area contributed by atoms with Crippen molar-refractivity contribution in [3.63, 3.8) is 0 Å². The Balaban J connectivity index is 0.000000583. The summed E-state index contributed by atoms with van der Waals surface area (Å²) < 4.78 is 11.0. The maximum atomic E-state index is 11.0. The molecule has 1 aliphatic heterocycles. The van der Waals surface area contributed by atoms with E-state index >= 15 is 0 Å². The van der Waals surface area contributed by atoms with Crippen LogP contribution < -0.4 is 0 Å². The molecule has 1 rings (SSSR count). The first-order valence-electron chi connectivity index (χ1n) is 5.73. The molecule has 1 aliphatic rings. The first kappa shape index (κ1) is 15.2. The minimum absolute atomic E-state index is 0.595. The van der Waals surface area contributed by atoms with Gasteiger partial charge in [0.25, 0.3) is 0 Å². The summed E-state index contributed by atoms with van der Waals surface area (Å²) in [6.07, 6.45) is 7.23. The molecule has 2 nitrogen and oxygen atoms in total. The summed E-state index contributed by atoms with van der Waals surface area (Å²) >= 11 is 0. The SMILES string of the molecule is CCC.O=CCCCCC1CCS(=O)S1. The van der Waals surface area contributed by atoms with Crippen LogP contribution in [-0.2, 0) is 14.6 Å². The summed E-state index contributed by atoms with van der Waals surface area (Å²) in [6, 6.07) is 0. The molecule has 1 saturated heterocycles. The highest BCUT2D eigenvalue weighted by Crippen LogP contribution is 2.31. The van der Waals surface area contributed by atoms with Crippen LogP contribution in [0.25, 0.3) is 0 Å². The fourth-order valence-corrected chi connectivity index (χ4v) is 4.84. The van der Waals surface area contributed by atoms with E-state index in [1.807, 2.05) is 0 Å². The summed E-state index contributed by atoms with van der Waals surface area (Å²) in [4.78, 5) is 10.00. The smallest absolute Gasteiger partial charge is 0.119 e.